The van der Waals surface area contributed by atoms with Gasteiger partial charge in [0.05, 0.1) is 10.9 Å². The molecule has 24 heavy (non-hydrogen) atoms. The predicted octanol–water partition coefficient (Wildman–Crippen LogP) is 3.43. The summed E-state index contributed by atoms with van der Waals surface area (Å²) in [5.41, 5.74) is 2.25. The molecule has 0 aliphatic heterocycles. The van der Waals surface area contributed by atoms with Crippen LogP contribution in [0.2, 0.25) is 0 Å². The number of aromatic nitrogens is 3. The largest absolute Gasteiger partial charge is 0.506 e. The molecule has 0 aliphatic rings. The minimum atomic E-state index is -0.247. The fourth-order valence-corrected chi connectivity index (χ4v) is 2.49. The maximum atomic E-state index is 12.5. The Hall–Kier alpha value is -1.46. The summed E-state index contributed by atoms with van der Waals surface area (Å²) < 4.78 is 3.06. The zero-order chi connectivity index (χ0) is 16.4. The van der Waals surface area contributed by atoms with Crippen LogP contribution in [0.5, 0.6) is 5.75 Å². The number of pyridine rings is 1. The number of rotatable bonds is 1. The van der Waals surface area contributed by atoms with Gasteiger partial charge in [0, 0.05) is 53.0 Å². The Morgan fingerprint density at radius 1 is 1.12 bits per heavy atom. The molecule has 0 atom stereocenters. The maximum absolute atomic E-state index is 12.5. The van der Waals surface area contributed by atoms with Crippen LogP contribution in [0.1, 0.15) is 19.4 Å². The van der Waals surface area contributed by atoms with Crippen LogP contribution in [-0.4, -0.2) is 19.5 Å². The molecule has 0 aliphatic carbocycles. The van der Waals surface area contributed by atoms with E-state index in [9.17, 15) is 9.90 Å². The van der Waals surface area contributed by atoms with Gasteiger partial charge < -0.3 is 12.5 Å². The van der Waals surface area contributed by atoms with Gasteiger partial charge in [-0.1, -0.05) is 38.1 Å². The molecule has 0 spiro atoms. The third-order valence-electron chi connectivity index (χ3n) is 3.55. The third kappa shape index (κ3) is 3.78. The second-order valence-corrected chi connectivity index (χ2v) is 4.94. The van der Waals surface area contributed by atoms with E-state index in [-0.39, 0.29) is 51.4 Å². The van der Waals surface area contributed by atoms with Crippen molar-refractivity contribution in [3.63, 3.8) is 0 Å². The summed E-state index contributed by atoms with van der Waals surface area (Å²) in [6, 6.07) is 7.52. The second kappa shape index (κ2) is 9.14. The predicted molar refractivity (Wildman–Crippen MR) is 95.6 cm³/mol. The van der Waals surface area contributed by atoms with Gasteiger partial charge in [-0.05, 0) is 18.1 Å². The van der Waals surface area contributed by atoms with Gasteiger partial charge in [0.15, 0.2) is 5.65 Å². The molecule has 1 aromatic carbocycles. The minimum Gasteiger partial charge on any atom is -0.506 e. The van der Waals surface area contributed by atoms with E-state index < -0.39 is 0 Å². The molecule has 3 rings (SSSR count). The van der Waals surface area contributed by atoms with Gasteiger partial charge in [-0.3, -0.25) is 14.0 Å². The van der Waals surface area contributed by atoms with Crippen molar-refractivity contribution in [2.24, 2.45) is 14.1 Å². The van der Waals surface area contributed by atoms with E-state index in [1.54, 1.807) is 25.0 Å². The Kier molecular flexibility index (Phi) is 8.58. The van der Waals surface area contributed by atoms with E-state index in [0.29, 0.717) is 16.6 Å². The number of fused-ring (bicyclic) bond motifs is 1. The number of hydrogen-bond acceptors (Lipinski definition) is 3. The van der Waals surface area contributed by atoms with Crippen molar-refractivity contribution in [2.45, 2.75) is 20.8 Å². The molecule has 127 valence electrons. The average Bonchev–Trinajstić information content (AvgIpc) is 2.91. The molecular formula is C18H24N3O2Y-. The van der Waals surface area contributed by atoms with Crippen molar-refractivity contribution in [1.82, 2.24) is 14.3 Å². The fraction of sp³-hybridized carbons (Fsp3) is 0.278. The van der Waals surface area contributed by atoms with Crippen LogP contribution in [0, 0.1) is 14.4 Å². The summed E-state index contributed by atoms with van der Waals surface area (Å²) in [6.07, 6.45) is 1.71. The molecule has 0 bridgehead atoms. The molecule has 0 saturated carbocycles. The van der Waals surface area contributed by atoms with Crippen molar-refractivity contribution in [2.75, 3.05) is 0 Å². The van der Waals surface area contributed by atoms with Crippen molar-refractivity contribution in [3.8, 4) is 16.9 Å². The van der Waals surface area contributed by atoms with E-state index >= 15 is 0 Å². The minimum absolute atomic E-state index is 0. The monoisotopic (exact) mass is 403 g/mol. The topological polar surface area (TPSA) is 60.0 Å². The van der Waals surface area contributed by atoms with Crippen LogP contribution in [-0.2, 0) is 46.8 Å². The van der Waals surface area contributed by atoms with Gasteiger partial charge in [-0.15, -0.1) is 0 Å². The van der Waals surface area contributed by atoms with Crippen molar-refractivity contribution < 1.29 is 37.8 Å². The Morgan fingerprint density at radius 2 is 1.71 bits per heavy atom. The van der Waals surface area contributed by atoms with Gasteiger partial charge in [0.2, 0.25) is 0 Å². The van der Waals surface area contributed by atoms with E-state index in [4.69, 9.17) is 0 Å². The number of nitrogens with zero attached hydrogens (tertiary/aromatic N) is 3. The van der Waals surface area contributed by atoms with E-state index in [2.05, 4.69) is 5.10 Å². The molecule has 3 aromatic rings. The molecule has 0 fully saturated rings. The molecule has 1 radical (unpaired) electrons. The average molecular weight is 403 g/mol. The first-order chi connectivity index (χ1) is 10.5. The zero-order valence-electron chi connectivity index (χ0n) is 15.2. The summed E-state index contributed by atoms with van der Waals surface area (Å²) in [7, 11) is 3.43. The van der Waals surface area contributed by atoms with Crippen molar-refractivity contribution in [1.29, 1.82) is 0 Å². The first-order valence-electron chi connectivity index (χ1n) is 7.32. The van der Waals surface area contributed by atoms with E-state index in [1.807, 2.05) is 45.0 Å². The molecule has 5 nitrogen and oxygen atoms in total. The van der Waals surface area contributed by atoms with Gasteiger partial charge >= 0.3 is 0 Å². The van der Waals surface area contributed by atoms with Crippen LogP contribution >= 0.6 is 0 Å². The quantitative estimate of drug-likeness (QED) is 0.634. The Balaban J connectivity index is 0.00000128. The van der Waals surface area contributed by atoms with Crippen molar-refractivity contribution >= 4 is 11.0 Å². The van der Waals surface area contributed by atoms with Gasteiger partial charge in [-0.25, -0.2) is 0 Å². The normalized spacial score (nSPS) is 9.54. The van der Waals surface area contributed by atoms with Crippen molar-refractivity contribution in [3.05, 3.63) is 53.8 Å². The summed E-state index contributed by atoms with van der Waals surface area (Å²) >= 11 is 0. The van der Waals surface area contributed by atoms with Crippen LogP contribution in [0.3, 0.4) is 0 Å². The van der Waals surface area contributed by atoms with E-state index in [1.165, 1.54) is 4.57 Å². The SMILES string of the molecule is CC.Cc1ccccc1-c1c(O)c2cn(C)nc2n(C)c1=O.[CH3-].[Y]. The number of benzene rings is 1. The summed E-state index contributed by atoms with van der Waals surface area (Å²) in [5, 5.41) is 15.3. The smallest absolute Gasteiger partial charge is 0.263 e. The van der Waals surface area contributed by atoms with Crippen LogP contribution in [0.25, 0.3) is 22.2 Å². The molecule has 0 amide bonds. The molecule has 0 saturated heterocycles. The van der Waals surface area contributed by atoms with Crippen LogP contribution in [0.15, 0.2) is 35.3 Å². The van der Waals surface area contributed by atoms with Gasteiger partial charge in [-0.2, -0.15) is 5.10 Å². The standard InChI is InChI=1S/C15H15N3O2.C2H6.CH3.Y/c1-9-6-4-5-7-10(9)12-13(19)11-8-17(2)16-14(11)18(3)15(12)20;1-2;;/h4-8,19H,1-3H3;1-2H3;1H3;/q;;-1;. The molecular weight excluding hydrogens is 379 g/mol. The molecule has 2 aromatic heterocycles. The Labute approximate surface area is 168 Å². The van der Waals surface area contributed by atoms with Gasteiger partial charge in [0.1, 0.15) is 5.75 Å². The summed E-state index contributed by atoms with van der Waals surface area (Å²) in [6.45, 7) is 5.92. The zero-order valence-corrected chi connectivity index (χ0v) is 18.0. The Bertz CT molecular complexity index is 882. The summed E-state index contributed by atoms with van der Waals surface area (Å²) in [4.78, 5) is 12.5. The third-order valence-corrected chi connectivity index (χ3v) is 3.55. The second-order valence-electron chi connectivity index (χ2n) is 4.94. The summed E-state index contributed by atoms with van der Waals surface area (Å²) in [5.74, 6) is -0.00880. The molecule has 1 N–H and O–H groups in total. The number of hydrogen-bond donors (Lipinski definition) is 1. The maximum Gasteiger partial charge on any atom is 0.263 e. The van der Waals surface area contributed by atoms with E-state index in [0.717, 1.165) is 11.1 Å². The molecule has 0 unspecified atom stereocenters. The molecule has 6 heteroatoms. The Morgan fingerprint density at radius 3 is 2.29 bits per heavy atom. The number of aryl methyl sites for hydroxylation is 3. The first-order valence-corrected chi connectivity index (χ1v) is 7.32. The number of aromatic hydroxyl groups is 1. The fourth-order valence-electron chi connectivity index (χ4n) is 2.49. The van der Waals surface area contributed by atoms with Crippen LogP contribution < -0.4 is 5.56 Å². The van der Waals surface area contributed by atoms with Crippen LogP contribution in [0.4, 0.5) is 0 Å². The molecule has 2 heterocycles. The first kappa shape index (κ1) is 22.5. The van der Waals surface area contributed by atoms with Gasteiger partial charge in [0.25, 0.3) is 5.56 Å².